The predicted octanol–water partition coefficient (Wildman–Crippen LogP) is 3.92. The van der Waals surface area contributed by atoms with Gasteiger partial charge in [-0.15, -0.1) is 0 Å². The Labute approximate surface area is 163 Å². The first kappa shape index (κ1) is 16.9. The summed E-state index contributed by atoms with van der Waals surface area (Å²) >= 11 is 6.27. The molecule has 6 nitrogen and oxygen atoms in total. The Kier molecular flexibility index (Phi) is 4.08. The molecule has 1 aliphatic carbocycles. The summed E-state index contributed by atoms with van der Waals surface area (Å²) in [5.41, 5.74) is 1.26. The van der Waals surface area contributed by atoms with Crippen LogP contribution in [0.15, 0.2) is 58.1 Å². The van der Waals surface area contributed by atoms with Crippen LogP contribution >= 0.6 is 31.9 Å². The van der Waals surface area contributed by atoms with Crippen molar-refractivity contribution in [2.24, 2.45) is 0 Å². The van der Waals surface area contributed by atoms with Crippen LogP contribution in [0.4, 0.5) is 0 Å². The number of fused-ring (bicyclic) bond motifs is 1. The lowest BCUT2D eigenvalue weighted by Gasteiger charge is -2.10. The summed E-state index contributed by atoms with van der Waals surface area (Å²) in [6.45, 7) is 0. The molecule has 0 spiro atoms. The predicted molar refractivity (Wildman–Crippen MR) is 99.8 cm³/mol. The molecule has 0 unspecified atom stereocenters. The molecule has 2 aromatic heterocycles. The third-order valence-electron chi connectivity index (χ3n) is 3.99. The second-order valence-corrected chi connectivity index (χ2v) is 7.07. The molecule has 1 aromatic carbocycles. The van der Waals surface area contributed by atoms with Crippen LogP contribution < -0.4 is 0 Å². The molecule has 8 heteroatoms. The fraction of sp³-hybridized carbons (Fsp3) is 0. The first-order chi connectivity index (χ1) is 12.5. The van der Waals surface area contributed by atoms with Gasteiger partial charge in [-0.3, -0.25) is 14.4 Å². The third kappa shape index (κ3) is 2.53. The number of hydrogen-bond donors (Lipinski definition) is 0. The van der Waals surface area contributed by atoms with Crippen LogP contribution in [-0.2, 0) is 4.79 Å². The average molecular weight is 476 g/mol. The quantitative estimate of drug-likeness (QED) is 0.423. The minimum absolute atomic E-state index is 0.0197. The monoisotopic (exact) mass is 474 g/mol. The lowest BCUT2D eigenvalue weighted by atomic mass is 9.94. The number of Topliss-reactive ketones (excluding diaryl/α,β-unsaturated/α-hetero) is 2. The van der Waals surface area contributed by atoms with Crippen molar-refractivity contribution < 1.29 is 18.8 Å². The summed E-state index contributed by atoms with van der Waals surface area (Å²) in [6.07, 6.45) is 6.29. The molecule has 0 N–H and O–H groups in total. The average Bonchev–Trinajstić information content (AvgIpc) is 3.34. The summed E-state index contributed by atoms with van der Waals surface area (Å²) in [5.74, 6) is -1.73. The van der Waals surface area contributed by atoms with Gasteiger partial charge in [0.25, 0.3) is 0 Å². The molecule has 0 fully saturated rings. The molecule has 0 atom stereocenters. The Morgan fingerprint density at radius 1 is 1.04 bits per heavy atom. The molecular weight excluding hydrogens is 468 g/mol. The number of carbonyl (C=O) groups is 3. The summed E-state index contributed by atoms with van der Waals surface area (Å²) in [5, 5.41) is 0. The lowest BCUT2D eigenvalue weighted by molar-refractivity contribution is -0.111. The summed E-state index contributed by atoms with van der Waals surface area (Å²) < 4.78 is 7.56. The van der Waals surface area contributed by atoms with Crippen molar-refractivity contribution in [3.63, 3.8) is 0 Å². The van der Waals surface area contributed by atoms with Crippen molar-refractivity contribution in [3.8, 4) is 5.69 Å². The topological polar surface area (TPSA) is 82.2 Å². The zero-order valence-electron chi connectivity index (χ0n) is 12.9. The van der Waals surface area contributed by atoms with E-state index in [9.17, 15) is 14.4 Å². The van der Waals surface area contributed by atoms with Gasteiger partial charge < -0.3 is 8.98 Å². The van der Waals surface area contributed by atoms with Crippen molar-refractivity contribution in [1.29, 1.82) is 0 Å². The molecule has 1 aliphatic rings. The fourth-order valence-corrected chi connectivity index (χ4v) is 3.51. The number of carbonyl (C=O) groups excluding carboxylic acids is 3. The number of hydrogen-bond acceptors (Lipinski definition) is 5. The van der Waals surface area contributed by atoms with E-state index in [1.807, 2.05) is 0 Å². The van der Waals surface area contributed by atoms with Gasteiger partial charge in [-0.05, 0) is 56.1 Å². The highest BCUT2D eigenvalue weighted by atomic mass is 79.9. The van der Waals surface area contributed by atoms with E-state index in [4.69, 9.17) is 4.42 Å². The molecule has 0 saturated heterocycles. The molecule has 2 heterocycles. The van der Waals surface area contributed by atoms with E-state index in [1.165, 1.54) is 6.26 Å². The maximum atomic E-state index is 12.8. The van der Waals surface area contributed by atoms with Crippen LogP contribution in [0, 0.1) is 0 Å². The number of furan rings is 1. The largest absolute Gasteiger partial charge is 0.462 e. The zero-order chi connectivity index (χ0) is 18.4. The summed E-state index contributed by atoms with van der Waals surface area (Å²) in [7, 11) is 0. The Morgan fingerprint density at radius 2 is 1.77 bits per heavy atom. The van der Waals surface area contributed by atoms with Crippen LogP contribution in [-0.4, -0.2) is 26.9 Å². The van der Waals surface area contributed by atoms with Crippen molar-refractivity contribution in [3.05, 3.63) is 76.2 Å². The number of benzene rings is 1. The number of halogens is 2. The molecule has 0 bridgehead atoms. The Balaban J connectivity index is 1.74. The minimum atomic E-state index is -0.776. The Hall–Kier alpha value is -2.58. The first-order valence-corrected chi connectivity index (χ1v) is 8.97. The number of rotatable bonds is 3. The summed E-state index contributed by atoms with van der Waals surface area (Å²) in [6, 6.07) is 6.82. The molecular formula is C18H8Br2N2O4. The van der Waals surface area contributed by atoms with E-state index >= 15 is 0 Å². The van der Waals surface area contributed by atoms with Crippen LogP contribution in [0.2, 0.25) is 0 Å². The molecule has 3 aromatic rings. The van der Waals surface area contributed by atoms with Gasteiger partial charge in [0.1, 0.15) is 6.26 Å². The van der Waals surface area contributed by atoms with E-state index in [1.54, 1.807) is 47.6 Å². The highest BCUT2D eigenvalue weighted by Crippen LogP contribution is 2.39. The minimum Gasteiger partial charge on any atom is -0.462 e. The van der Waals surface area contributed by atoms with E-state index < -0.39 is 17.3 Å². The highest BCUT2D eigenvalue weighted by Gasteiger charge is 2.37. The molecule has 0 amide bonds. The van der Waals surface area contributed by atoms with Crippen molar-refractivity contribution in [2.45, 2.75) is 0 Å². The maximum absolute atomic E-state index is 12.8. The number of aromatic nitrogens is 2. The fourth-order valence-electron chi connectivity index (χ4n) is 2.68. The standard InChI is InChI=1S/C18H8Br2N2O4/c19-13-14(20)18-12(16(24)17(13)25)11(7-26-18)15(23)9-1-3-10(4-2-9)22-6-5-21-8-22/h1-8H. The molecule has 4 rings (SSSR count). The molecule has 128 valence electrons. The van der Waals surface area contributed by atoms with Gasteiger partial charge in [-0.25, -0.2) is 4.98 Å². The van der Waals surface area contributed by atoms with Gasteiger partial charge >= 0.3 is 0 Å². The highest BCUT2D eigenvalue weighted by molar-refractivity contribution is 9.16. The second-order valence-electron chi connectivity index (χ2n) is 5.49. The smallest absolute Gasteiger partial charge is 0.241 e. The van der Waals surface area contributed by atoms with Crippen LogP contribution in [0.25, 0.3) is 10.2 Å². The third-order valence-corrected chi connectivity index (χ3v) is 6.04. The first-order valence-electron chi connectivity index (χ1n) is 7.38. The van der Waals surface area contributed by atoms with E-state index in [-0.39, 0.29) is 21.4 Å². The van der Waals surface area contributed by atoms with Crippen LogP contribution in [0.1, 0.15) is 32.0 Å². The van der Waals surface area contributed by atoms with Gasteiger partial charge in [-0.1, -0.05) is 0 Å². The number of nitrogens with zero attached hydrogens (tertiary/aromatic N) is 2. The van der Waals surface area contributed by atoms with Gasteiger partial charge in [0.15, 0.2) is 11.5 Å². The van der Waals surface area contributed by atoms with Gasteiger partial charge in [-0.2, -0.15) is 0 Å². The van der Waals surface area contributed by atoms with Crippen LogP contribution in [0.3, 0.4) is 0 Å². The Morgan fingerprint density at radius 3 is 2.42 bits per heavy atom. The lowest BCUT2D eigenvalue weighted by Crippen LogP contribution is -2.22. The molecule has 26 heavy (non-hydrogen) atoms. The van der Waals surface area contributed by atoms with Gasteiger partial charge in [0.2, 0.25) is 11.6 Å². The van der Waals surface area contributed by atoms with Gasteiger partial charge in [0.05, 0.1) is 26.4 Å². The van der Waals surface area contributed by atoms with Crippen molar-refractivity contribution in [2.75, 3.05) is 0 Å². The van der Waals surface area contributed by atoms with Crippen molar-refractivity contribution >= 4 is 53.7 Å². The van der Waals surface area contributed by atoms with E-state index in [2.05, 4.69) is 36.8 Å². The molecule has 0 radical (unpaired) electrons. The summed E-state index contributed by atoms with van der Waals surface area (Å²) in [4.78, 5) is 41.2. The van der Waals surface area contributed by atoms with E-state index in [0.29, 0.717) is 10.0 Å². The van der Waals surface area contributed by atoms with Crippen LogP contribution in [0.5, 0.6) is 0 Å². The maximum Gasteiger partial charge on any atom is 0.241 e. The molecule has 0 saturated carbocycles. The molecule has 0 aliphatic heterocycles. The number of allylic oxidation sites excluding steroid dienone is 1. The SMILES string of the molecule is O=C1C(=O)c2c(C(=O)c3ccc(-n4ccnc4)cc3)coc2C(Br)=C1Br. The van der Waals surface area contributed by atoms with Crippen molar-refractivity contribution in [1.82, 2.24) is 9.55 Å². The van der Waals surface area contributed by atoms with Gasteiger partial charge in [0, 0.05) is 23.6 Å². The normalized spacial score (nSPS) is 13.9. The second kappa shape index (κ2) is 6.30. The number of imidazole rings is 1. The Bertz CT molecular complexity index is 1090. The zero-order valence-corrected chi connectivity index (χ0v) is 16.1. The number of ketones is 3. The van der Waals surface area contributed by atoms with E-state index in [0.717, 1.165) is 5.69 Å².